The summed E-state index contributed by atoms with van der Waals surface area (Å²) in [6, 6.07) is 0. The molecule has 0 aromatic heterocycles. The molecular formula is C12H23NOS. The zero-order valence-corrected chi connectivity index (χ0v) is 10.7. The maximum Gasteiger partial charge on any atom is 0.0733 e. The number of rotatable bonds is 8. The van der Waals surface area contributed by atoms with Crippen LogP contribution in [0.2, 0.25) is 0 Å². The SMILES string of the molecule is CCCC(C)COCC1(CC(N)=S)CC1. The molecule has 0 spiro atoms. The third-order valence-corrected chi connectivity index (χ3v) is 3.24. The van der Waals surface area contributed by atoms with E-state index in [1.54, 1.807) is 0 Å². The van der Waals surface area contributed by atoms with Crippen LogP contribution in [0, 0.1) is 11.3 Å². The Bertz CT molecular complexity index is 214. The van der Waals surface area contributed by atoms with E-state index in [0.29, 0.717) is 16.3 Å². The largest absolute Gasteiger partial charge is 0.393 e. The lowest BCUT2D eigenvalue weighted by Gasteiger charge is -2.16. The van der Waals surface area contributed by atoms with Crippen LogP contribution in [-0.4, -0.2) is 18.2 Å². The minimum absolute atomic E-state index is 0.317. The summed E-state index contributed by atoms with van der Waals surface area (Å²) in [5.74, 6) is 0.677. The molecule has 15 heavy (non-hydrogen) atoms. The van der Waals surface area contributed by atoms with Crippen molar-refractivity contribution in [2.45, 2.75) is 46.0 Å². The van der Waals surface area contributed by atoms with Crippen LogP contribution in [0.15, 0.2) is 0 Å². The van der Waals surface area contributed by atoms with Crippen LogP contribution < -0.4 is 5.73 Å². The zero-order valence-electron chi connectivity index (χ0n) is 9.92. The van der Waals surface area contributed by atoms with Crippen LogP contribution in [-0.2, 0) is 4.74 Å². The van der Waals surface area contributed by atoms with E-state index in [2.05, 4.69) is 13.8 Å². The number of thiocarbonyl (C=S) groups is 1. The molecule has 0 aromatic rings. The molecule has 0 bridgehead atoms. The van der Waals surface area contributed by atoms with Crippen molar-refractivity contribution in [3.05, 3.63) is 0 Å². The Labute approximate surface area is 98.6 Å². The van der Waals surface area contributed by atoms with Crippen molar-refractivity contribution >= 4 is 17.2 Å². The van der Waals surface area contributed by atoms with Gasteiger partial charge in [-0.3, -0.25) is 0 Å². The molecule has 0 radical (unpaired) electrons. The number of ether oxygens (including phenoxy) is 1. The summed E-state index contributed by atoms with van der Waals surface area (Å²) in [5, 5.41) is 0. The van der Waals surface area contributed by atoms with Crippen molar-refractivity contribution in [3.63, 3.8) is 0 Å². The minimum atomic E-state index is 0.317. The first-order chi connectivity index (χ1) is 7.08. The summed E-state index contributed by atoms with van der Waals surface area (Å²) < 4.78 is 5.76. The fraction of sp³-hybridized carbons (Fsp3) is 0.917. The van der Waals surface area contributed by atoms with Crippen LogP contribution >= 0.6 is 12.2 Å². The molecule has 0 saturated heterocycles. The van der Waals surface area contributed by atoms with Gasteiger partial charge in [0.05, 0.1) is 11.6 Å². The monoisotopic (exact) mass is 229 g/mol. The molecule has 2 N–H and O–H groups in total. The molecule has 1 aliphatic rings. The van der Waals surface area contributed by atoms with E-state index in [0.717, 1.165) is 19.6 Å². The van der Waals surface area contributed by atoms with Gasteiger partial charge >= 0.3 is 0 Å². The van der Waals surface area contributed by atoms with Gasteiger partial charge < -0.3 is 10.5 Å². The number of nitrogens with two attached hydrogens (primary N) is 1. The number of hydrogen-bond donors (Lipinski definition) is 1. The highest BCUT2D eigenvalue weighted by atomic mass is 32.1. The molecule has 1 saturated carbocycles. The first kappa shape index (κ1) is 12.9. The van der Waals surface area contributed by atoms with E-state index in [9.17, 15) is 0 Å². The average molecular weight is 229 g/mol. The van der Waals surface area contributed by atoms with Crippen molar-refractivity contribution in [2.75, 3.05) is 13.2 Å². The highest BCUT2D eigenvalue weighted by Gasteiger charge is 2.43. The van der Waals surface area contributed by atoms with E-state index in [1.807, 2.05) is 0 Å². The predicted molar refractivity (Wildman–Crippen MR) is 68.0 cm³/mol. The van der Waals surface area contributed by atoms with Crippen molar-refractivity contribution in [1.29, 1.82) is 0 Å². The molecular weight excluding hydrogens is 206 g/mol. The van der Waals surface area contributed by atoms with Crippen molar-refractivity contribution in [2.24, 2.45) is 17.1 Å². The molecule has 1 aliphatic carbocycles. The van der Waals surface area contributed by atoms with E-state index in [4.69, 9.17) is 22.7 Å². The fourth-order valence-corrected chi connectivity index (χ4v) is 2.28. The fourth-order valence-electron chi connectivity index (χ4n) is 1.97. The second-order valence-electron chi connectivity index (χ2n) is 5.05. The Hall–Kier alpha value is -0.150. The van der Waals surface area contributed by atoms with Gasteiger partial charge in [-0.05, 0) is 25.2 Å². The first-order valence-electron chi connectivity index (χ1n) is 5.94. The van der Waals surface area contributed by atoms with Gasteiger partial charge in [0, 0.05) is 18.4 Å². The maximum atomic E-state index is 5.76. The highest BCUT2D eigenvalue weighted by Crippen LogP contribution is 2.49. The summed E-state index contributed by atoms with van der Waals surface area (Å²) in [4.78, 5) is 0.637. The Morgan fingerprint density at radius 3 is 2.67 bits per heavy atom. The summed E-state index contributed by atoms with van der Waals surface area (Å²) in [5.41, 5.74) is 5.89. The van der Waals surface area contributed by atoms with Gasteiger partial charge in [-0.25, -0.2) is 0 Å². The van der Waals surface area contributed by atoms with Crippen molar-refractivity contribution in [3.8, 4) is 0 Å². The van der Waals surface area contributed by atoms with Gasteiger partial charge in [0.1, 0.15) is 0 Å². The van der Waals surface area contributed by atoms with Crippen LogP contribution in [0.5, 0.6) is 0 Å². The molecule has 0 amide bonds. The van der Waals surface area contributed by atoms with E-state index in [1.165, 1.54) is 25.7 Å². The van der Waals surface area contributed by atoms with Gasteiger partial charge in [0.25, 0.3) is 0 Å². The molecule has 1 rings (SSSR count). The van der Waals surface area contributed by atoms with E-state index < -0.39 is 0 Å². The standard InChI is InChI=1S/C12H23NOS/c1-3-4-10(2)8-14-9-12(5-6-12)7-11(13)15/h10H,3-9H2,1-2H3,(H2,13,15). The quantitative estimate of drug-likeness (QED) is 0.650. The van der Waals surface area contributed by atoms with E-state index >= 15 is 0 Å². The van der Waals surface area contributed by atoms with Gasteiger partial charge in [-0.1, -0.05) is 32.5 Å². The topological polar surface area (TPSA) is 35.2 Å². The molecule has 2 nitrogen and oxygen atoms in total. The summed E-state index contributed by atoms with van der Waals surface area (Å²) in [6.07, 6.45) is 5.81. The lowest BCUT2D eigenvalue weighted by Crippen LogP contribution is -2.20. The molecule has 0 aliphatic heterocycles. The van der Waals surface area contributed by atoms with E-state index in [-0.39, 0.29) is 0 Å². The van der Waals surface area contributed by atoms with Crippen molar-refractivity contribution < 1.29 is 4.74 Å². The Balaban J connectivity index is 2.12. The maximum absolute atomic E-state index is 5.76. The molecule has 88 valence electrons. The molecule has 1 unspecified atom stereocenters. The van der Waals surface area contributed by atoms with Gasteiger partial charge in [0.15, 0.2) is 0 Å². The third-order valence-electron chi connectivity index (χ3n) is 3.10. The zero-order chi connectivity index (χ0) is 11.3. The second-order valence-corrected chi connectivity index (χ2v) is 5.58. The third kappa shape index (κ3) is 4.94. The van der Waals surface area contributed by atoms with Crippen LogP contribution in [0.3, 0.4) is 0 Å². The van der Waals surface area contributed by atoms with Crippen LogP contribution in [0.1, 0.15) is 46.0 Å². The smallest absolute Gasteiger partial charge is 0.0733 e. The van der Waals surface area contributed by atoms with Crippen molar-refractivity contribution in [1.82, 2.24) is 0 Å². The molecule has 0 aromatic carbocycles. The Morgan fingerprint density at radius 2 is 2.20 bits per heavy atom. The average Bonchev–Trinajstić information content (AvgIpc) is 2.84. The minimum Gasteiger partial charge on any atom is -0.393 e. The molecule has 1 fully saturated rings. The van der Waals surface area contributed by atoms with Crippen LogP contribution in [0.4, 0.5) is 0 Å². The normalized spacial score (nSPS) is 19.9. The van der Waals surface area contributed by atoms with Gasteiger partial charge in [0.2, 0.25) is 0 Å². The Kier molecular flexibility index (Phi) is 5.00. The summed E-state index contributed by atoms with van der Waals surface area (Å²) in [7, 11) is 0. The lowest BCUT2D eigenvalue weighted by atomic mass is 10.0. The molecule has 3 heteroatoms. The lowest BCUT2D eigenvalue weighted by molar-refractivity contribution is 0.0673. The highest BCUT2D eigenvalue weighted by molar-refractivity contribution is 7.80. The molecule has 1 atom stereocenters. The molecule has 0 heterocycles. The van der Waals surface area contributed by atoms with Crippen LogP contribution in [0.25, 0.3) is 0 Å². The predicted octanol–water partition coefficient (Wildman–Crippen LogP) is 2.90. The first-order valence-corrected chi connectivity index (χ1v) is 6.35. The summed E-state index contributed by atoms with van der Waals surface area (Å²) in [6.45, 7) is 6.19. The summed E-state index contributed by atoms with van der Waals surface area (Å²) >= 11 is 4.95. The Morgan fingerprint density at radius 1 is 1.53 bits per heavy atom. The van der Waals surface area contributed by atoms with Gasteiger partial charge in [-0.2, -0.15) is 0 Å². The second kappa shape index (κ2) is 5.80. The number of hydrogen-bond acceptors (Lipinski definition) is 2. The van der Waals surface area contributed by atoms with Gasteiger partial charge in [-0.15, -0.1) is 0 Å².